The zero-order valence-corrected chi connectivity index (χ0v) is 11.4. The summed E-state index contributed by atoms with van der Waals surface area (Å²) < 4.78 is 0. The first-order valence-electron chi connectivity index (χ1n) is 7.38. The second-order valence-electron chi connectivity index (χ2n) is 5.77. The molecule has 108 valence electrons. The second-order valence-corrected chi connectivity index (χ2v) is 5.77. The van der Waals surface area contributed by atoms with Crippen LogP contribution in [-0.2, 0) is 9.59 Å². The molecule has 2 heterocycles. The molecule has 0 radical (unpaired) electrons. The third-order valence-electron chi connectivity index (χ3n) is 4.29. The molecule has 2 aliphatic rings. The predicted molar refractivity (Wildman–Crippen MR) is 71.8 cm³/mol. The van der Waals surface area contributed by atoms with Crippen molar-refractivity contribution in [1.29, 1.82) is 0 Å². The van der Waals surface area contributed by atoms with Crippen molar-refractivity contribution in [3.63, 3.8) is 0 Å². The van der Waals surface area contributed by atoms with Crippen LogP contribution in [0.3, 0.4) is 0 Å². The van der Waals surface area contributed by atoms with E-state index in [1.807, 2.05) is 0 Å². The van der Waals surface area contributed by atoms with Gasteiger partial charge in [-0.15, -0.1) is 0 Å². The SMILES string of the molecule is O=C(O)[C@@H]1CCCN(C(=O)CCC2CCCNC2)C1. The van der Waals surface area contributed by atoms with Crippen LogP contribution in [0, 0.1) is 11.8 Å². The molecule has 5 nitrogen and oxygen atoms in total. The number of carboxylic acids is 1. The molecule has 2 rings (SSSR count). The van der Waals surface area contributed by atoms with E-state index in [1.54, 1.807) is 4.90 Å². The van der Waals surface area contributed by atoms with Crippen molar-refractivity contribution in [3.05, 3.63) is 0 Å². The molecule has 2 atom stereocenters. The van der Waals surface area contributed by atoms with Crippen LogP contribution in [-0.4, -0.2) is 48.1 Å². The summed E-state index contributed by atoms with van der Waals surface area (Å²) in [4.78, 5) is 24.9. The van der Waals surface area contributed by atoms with Crippen LogP contribution >= 0.6 is 0 Å². The Morgan fingerprint density at radius 1 is 1.26 bits per heavy atom. The van der Waals surface area contributed by atoms with Crippen molar-refractivity contribution in [1.82, 2.24) is 10.2 Å². The number of hydrogen-bond acceptors (Lipinski definition) is 3. The van der Waals surface area contributed by atoms with Crippen LogP contribution in [0.25, 0.3) is 0 Å². The van der Waals surface area contributed by atoms with Gasteiger partial charge in [0.05, 0.1) is 5.92 Å². The summed E-state index contributed by atoms with van der Waals surface area (Å²) in [6.45, 7) is 3.24. The first-order valence-corrected chi connectivity index (χ1v) is 7.38. The summed E-state index contributed by atoms with van der Waals surface area (Å²) in [5.74, 6) is -0.391. The van der Waals surface area contributed by atoms with Gasteiger partial charge < -0.3 is 15.3 Å². The van der Waals surface area contributed by atoms with Gasteiger partial charge in [-0.3, -0.25) is 9.59 Å². The van der Waals surface area contributed by atoms with Gasteiger partial charge in [0.1, 0.15) is 0 Å². The van der Waals surface area contributed by atoms with Crippen molar-refractivity contribution in [2.45, 2.75) is 38.5 Å². The van der Waals surface area contributed by atoms with Crippen LogP contribution in [0.5, 0.6) is 0 Å². The fourth-order valence-electron chi connectivity index (χ4n) is 3.06. The summed E-state index contributed by atoms with van der Waals surface area (Å²) in [5.41, 5.74) is 0. The van der Waals surface area contributed by atoms with Crippen molar-refractivity contribution in [2.75, 3.05) is 26.2 Å². The molecule has 0 aromatic rings. The number of amides is 1. The Hall–Kier alpha value is -1.10. The van der Waals surface area contributed by atoms with E-state index >= 15 is 0 Å². The number of carboxylic acid groups (broad SMARTS) is 1. The fraction of sp³-hybridized carbons (Fsp3) is 0.857. The molecule has 2 aliphatic heterocycles. The summed E-state index contributed by atoms with van der Waals surface area (Å²) in [6.07, 6.45) is 5.42. The highest BCUT2D eigenvalue weighted by molar-refractivity contribution is 5.78. The maximum Gasteiger partial charge on any atom is 0.308 e. The van der Waals surface area contributed by atoms with Gasteiger partial charge in [-0.2, -0.15) is 0 Å². The third-order valence-corrected chi connectivity index (χ3v) is 4.29. The number of aliphatic carboxylic acids is 1. The van der Waals surface area contributed by atoms with Gasteiger partial charge in [-0.25, -0.2) is 0 Å². The molecule has 1 unspecified atom stereocenters. The molecule has 0 spiro atoms. The molecule has 2 saturated heterocycles. The van der Waals surface area contributed by atoms with Crippen molar-refractivity contribution in [2.24, 2.45) is 11.8 Å². The van der Waals surface area contributed by atoms with E-state index in [1.165, 1.54) is 12.8 Å². The Kier molecular flexibility index (Phi) is 5.19. The molecule has 0 aromatic carbocycles. The molecule has 19 heavy (non-hydrogen) atoms. The highest BCUT2D eigenvalue weighted by atomic mass is 16.4. The first kappa shape index (κ1) is 14.3. The van der Waals surface area contributed by atoms with E-state index in [2.05, 4.69) is 5.32 Å². The van der Waals surface area contributed by atoms with Crippen molar-refractivity contribution in [3.8, 4) is 0 Å². The minimum absolute atomic E-state index is 0.136. The highest BCUT2D eigenvalue weighted by Gasteiger charge is 2.28. The Balaban J connectivity index is 1.74. The Labute approximate surface area is 114 Å². The summed E-state index contributed by atoms with van der Waals surface area (Å²) in [6, 6.07) is 0. The van der Waals surface area contributed by atoms with Gasteiger partial charge in [-0.1, -0.05) is 0 Å². The quantitative estimate of drug-likeness (QED) is 0.801. The largest absolute Gasteiger partial charge is 0.481 e. The molecular formula is C14H24N2O3. The predicted octanol–water partition coefficient (Wildman–Crippen LogP) is 1.09. The minimum Gasteiger partial charge on any atom is -0.481 e. The number of rotatable bonds is 4. The van der Waals surface area contributed by atoms with Crippen LogP contribution in [0.1, 0.15) is 38.5 Å². The molecule has 2 fully saturated rings. The van der Waals surface area contributed by atoms with Crippen molar-refractivity contribution >= 4 is 11.9 Å². The van der Waals surface area contributed by atoms with Crippen LogP contribution in [0.4, 0.5) is 0 Å². The second kappa shape index (κ2) is 6.89. The lowest BCUT2D eigenvalue weighted by Crippen LogP contribution is -2.42. The molecule has 1 amide bonds. The lowest BCUT2D eigenvalue weighted by Gasteiger charge is -2.31. The lowest BCUT2D eigenvalue weighted by molar-refractivity contribution is -0.145. The van der Waals surface area contributed by atoms with Crippen LogP contribution in [0.2, 0.25) is 0 Å². The van der Waals surface area contributed by atoms with Gasteiger partial charge in [0.2, 0.25) is 5.91 Å². The Bertz CT molecular complexity index is 327. The van der Waals surface area contributed by atoms with Crippen molar-refractivity contribution < 1.29 is 14.7 Å². The Morgan fingerprint density at radius 3 is 2.79 bits per heavy atom. The van der Waals surface area contributed by atoms with E-state index in [9.17, 15) is 9.59 Å². The number of carbonyl (C=O) groups excluding carboxylic acids is 1. The minimum atomic E-state index is -0.769. The number of hydrogen-bond donors (Lipinski definition) is 2. The summed E-state index contributed by atoms with van der Waals surface area (Å²) >= 11 is 0. The van der Waals surface area contributed by atoms with Gasteiger partial charge in [-0.05, 0) is 51.1 Å². The topological polar surface area (TPSA) is 69.6 Å². The van der Waals surface area contributed by atoms with E-state index in [0.29, 0.717) is 25.3 Å². The number of likely N-dealkylation sites (tertiary alicyclic amines) is 1. The van der Waals surface area contributed by atoms with E-state index in [-0.39, 0.29) is 11.8 Å². The standard InChI is InChI=1S/C14H24N2O3/c17-13(6-5-11-3-1-7-15-9-11)16-8-2-4-12(10-16)14(18)19/h11-12,15H,1-10H2,(H,18,19)/t11?,12-/m1/s1. The molecule has 0 aliphatic carbocycles. The molecule has 0 bridgehead atoms. The number of carbonyl (C=O) groups is 2. The molecule has 0 aromatic heterocycles. The average Bonchev–Trinajstić information content (AvgIpc) is 2.46. The summed E-state index contributed by atoms with van der Waals surface area (Å²) in [7, 11) is 0. The smallest absolute Gasteiger partial charge is 0.308 e. The van der Waals surface area contributed by atoms with Gasteiger partial charge in [0, 0.05) is 19.5 Å². The first-order chi connectivity index (χ1) is 9.16. The van der Waals surface area contributed by atoms with Crippen LogP contribution < -0.4 is 5.32 Å². The van der Waals surface area contributed by atoms with E-state index in [4.69, 9.17) is 5.11 Å². The zero-order chi connectivity index (χ0) is 13.7. The molecule has 0 saturated carbocycles. The Morgan fingerprint density at radius 2 is 2.11 bits per heavy atom. The molecule has 2 N–H and O–H groups in total. The number of nitrogens with one attached hydrogen (secondary N) is 1. The van der Waals surface area contributed by atoms with Gasteiger partial charge in [0.15, 0.2) is 0 Å². The lowest BCUT2D eigenvalue weighted by atomic mass is 9.93. The molecule has 5 heteroatoms. The highest BCUT2D eigenvalue weighted by Crippen LogP contribution is 2.20. The van der Waals surface area contributed by atoms with Crippen LogP contribution in [0.15, 0.2) is 0 Å². The maximum absolute atomic E-state index is 12.1. The molecular weight excluding hydrogens is 244 g/mol. The monoisotopic (exact) mass is 268 g/mol. The average molecular weight is 268 g/mol. The normalized spacial score (nSPS) is 28.1. The number of piperidine rings is 2. The van der Waals surface area contributed by atoms with E-state index < -0.39 is 5.97 Å². The van der Waals surface area contributed by atoms with Gasteiger partial charge in [0.25, 0.3) is 0 Å². The maximum atomic E-state index is 12.1. The summed E-state index contributed by atoms with van der Waals surface area (Å²) in [5, 5.41) is 12.4. The third kappa shape index (κ3) is 4.20. The number of nitrogens with zero attached hydrogens (tertiary/aromatic N) is 1. The van der Waals surface area contributed by atoms with E-state index in [0.717, 1.165) is 32.5 Å². The van der Waals surface area contributed by atoms with Gasteiger partial charge >= 0.3 is 5.97 Å². The fourth-order valence-corrected chi connectivity index (χ4v) is 3.06. The zero-order valence-electron chi connectivity index (χ0n) is 11.4.